The number of hydrogen-bond donors (Lipinski definition) is 4. The fourth-order valence-corrected chi connectivity index (χ4v) is 5.79. The Labute approximate surface area is 238 Å². The Hall–Kier alpha value is -2.26. The highest BCUT2D eigenvalue weighted by Gasteiger charge is 2.21. The van der Waals surface area contributed by atoms with Gasteiger partial charge in [0, 0.05) is 17.4 Å². The fourth-order valence-electron chi connectivity index (χ4n) is 3.10. The summed E-state index contributed by atoms with van der Waals surface area (Å²) in [6.45, 7) is 15.9. The number of rotatable bonds is 6. The number of carbonyl (C=O) groups excluding carboxylic acids is 2. The van der Waals surface area contributed by atoms with Crippen molar-refractivity contribution in [2.45, 2.75) is 67.1 Å². The molecule has 0 bridgehead atoms. The number of esters is 2. The summed E-state index contributed by atoms with van der Waals surface area (Å²) in [5.41, 5.74) is 3.54. The molecule has 0 amide bonds. The number of thiazole rings is 2. The number of aromatic amines is 2. The van der Waals surface area contributed by atoms with Gasteiger partial charge in [-0.2, -0.15) is 0 Å². The standard InChI is InChI=1S/C12H16N2O2S.C11H13BrN2O2S.CH5BO2/c1-5-16-12(15)9-7(4)8-11(14-9)17-10(13-8)6(2)3;1-4-16-11(15)8-6(12)7-10(14-8)17-9(13-7)5(2)3;1-2(3)4/h6,14H,5H2,1-4H3;5,14H,4H2,1-3H3;3-4H,1H3. The van der Waals surface area contributed by atoms with Crippen molar-refractivity contribution in [3.05, 3.63) is 31.4 Å². The molecule has 0 saturated carbocycles. The van der Waals surface area contributed by atoms with Gasteiger partial charge in [0.25, 0.3) is 0 Å². The van der Waals surface area contributed by atoms with E-state index in [0.717, 1.165) is 36.3 Å². The van der Waals surface area contributed by atoms with Crippen molar-refractivity contribution in [3.63, 3.8) is 0 Å². The molecule has 0 unspecified atom stereocenters. The van der Waals surface area contributed by atoms with Gasteiger partial charge in [0.2, 0.25) is 0 Å². The normalized spacial score (nSPS) is 10.9. The minimum absolute atomic E-state index is 0.304. The van der Waals surface area contributed by atoms with Crippen LogP contribution in [-0.4, -0.2) is 62.3 Å². The zero-order valence-corrected chi connectivity index (χ0v) is 26.0. The maximum absolute atomic E-state index is 11.7. The van der Waals surface area contributed by atoms with E-state index in [9.17, 15) is 9.59 Å². The molecule has 208 valence electrons. The third-order valence-electron chi connectivity index (χ3n) is 4.87. The van der Waals surface area contributed by atoms with E-state index in [-0.39, 0.29) is 11.9 Å². The van der Waals surface area contributed by atoms with E-state index in [0.29, 0.717) is 40.9 Å². The average molecular weight is 629 g/mol. The number of hydrogen-bond acceptors (Lipinski definition) is 10. The lowest BCUT2D eigenvalue weighted by Crippen LogP contribution is -2.06. The van der Waals surface area contributed by atoms with Gasteiger partial charge < -0.3 is 29.5 Å². The zero-order valence-electron chi connectivity index (χ0n) is 22.8. The number of ether oxygens (including phenoxy) is 2. The SMILES string of the molecule is CB(O)O.CCOC(=O)c1[nH]c2sc(C(C)C)nc2c1Br.CCOC(=O)c1[nH]c2sc(C(C)C)nc2c1C. The summed E-state index contributed by atoms with van der Waals surface area (Å²) in [7, 11) is -1.17. The molecule has 4 N–H and O–H groups in total. The molecule has 0 fully saturated rings. The number of halogens is 1. The molecular weight excluding hydrogens is 595 g/mol. The molecule has 10 nitrogen and oxygen atoms in total. The molecule has 0 radical (unpaired) electrons. The molecule has 4 rings (SSSR count). The van der Waals surface area contributed by atoms with Gasteiger partial charge in [0.15, 0.2) is 0 Å². The van der Waals surface area contributed by atoms with Gasteiger partial charge in [0.1, 0.15) is 32.1 Å². The Morgan fingerprint density at radius 3 is 1.68 bits per heavy atom. The Balaban J connectivity index is 0.000000234. The minimum Gasteiger partial charge on any atom is -0.461 e. The van der Waals surface area contributed by atoms with Crippen LogP contribution in [0.4, 0.5) is 0 Å². The van der Waals surface area contributed by atoms with E-state index in [1.807, 2.05) is 6.92 Å². The van der Waals surface area contributed by atoms with Gasteiger partial charge in [-0.25, -0.2) is 19.6 Å². The number of H-pyrrole nitrogens is 2. The second-order valence-corrected chi connectivity index (χ2v) is 11.6. The van der Waals surface area contributed by atoms with Crippen LogP contribution in [0.2, 0.25) is 6.82 Å². The van der Waals surface area contributed by atoms with Crippen LogP contribution in [0.15, 0.2) is 4.47 Å². The number of aryl methyl sites for hydroxylation is 1. The molecular formula is C24H34BBrN4O6S2. The fraction of sp³-hybridized carbons (Fsp3) is 0.500. The number of carbonyl (C=O) groups is 2. The van der Waals surface area contributed by atoms with Crippen molar-refractivity contribution in [1.82, 2.24) is 19.9 Å². The average Bonchev–Trinajstić information content (AvgIpc) is 3.56. The molecule has 38 heavy (non-hydrogen) atoms. The molecule has 0 aliphatic carbocycles. The highest BCUT2D eigenvalue weighted by Crippen LogP contribution is 2.34. The van der Waals surface area contributed by atoms with Crippen molar-refractivity contribution in [1.29, 1.82) is 0 Å². The first-order valence-electron chi connectivity index (χ1n) is 12.2. The van der Waals surface area contributed by atoms with Crippen LogP contribution in [0.3, 0.4) is 0 Å². The second-order valence-electron chi connectivity index (χ2n) is 8.78. The van der Waals surface area contributed by atoms with Crippen LogP contribution in [0.25, 0.3) is 20.7 Å². The third kappa shape index (κ3) is 7.88. The number of nitrogens with one attached hydrogen (secondary N) is 2. The second kappa shape index (κ2) is 14.2. The highest BCUT2D eigenvalue weighted by atomic mass is 79.9. The van der Waals surface area contributed by atoms with Crippen molar-refractivity contribution in [2.24, 2.45) is 0 Å². The van der Waals surface area contributed by atoms with E-state index in [1.165, 1.54) is 6.82 Å². The lowest BCUT2D eigenvalue weighted by Gasteiger charge is -2.00. The first kappa shape index (κ1) is 32.0. The molecule has 0 spiro atoms. The summed E-state index contributed by atoms with van der Waals surface area (Å²) in [6, 6.07) is 0. The first-order chi connectivity index (χ1) is 17.8. The van der Waals surface area contributed by atoms with Crippen LogP contribution in [0.5, 0.6) is 0 Å². The minimum atomic E-state index is -1.17. The zero-order chi connectivity index (χ0) is 28.7. The highest BCUT2D eigenvalue weighted by molar-refractivity contribution is 9.10. The van der Waals surface area contributed by atoms with E-state index in [1.54, 1.807) is 36.5 Å². The predicted molar refractivity (Wildman–Crippen MR) is 157 cm³/mol. The van der Waals surface area contributed by atoms with Crippen molar-refractivity contribution >= 4 is 78.4 Å². The van der Waals surface area contributed by atoms with Crippen molar-refractivity contribution in [3.8, 4) is 0 Å². The Kier molecular flexibility index (Phi) is 12.0. The maximum atomic E-state index is 11.7. The van der Waals surface area contributed by atoms with E-state index in [2.05, 4.69) is 63.6 Å². The van der Waals surface area contributed by atoms with Gasteiger partial charge in [0.05, 0.1) is 27.7 Å². The molecule has 0 aliphatic heterocycles. The number of nitrogens with zero attached hydrogens (tertiary/aromatic N) is 2. The molecule has 0 aliphatic rings. The van der Waals surface area contributed by atoms with Crippen LogP contribution in [0.1, 0.15) is 89.9 Å². The first-order valence-corrected chi connectivity index (χ1v) is 14.6. The van der Waals surface area contributed by atoms with Gasteiger partial charge >= 0.3 is 19.1 Å². The molecule has 0 aromatic carbocycles. The molecule has 4 heterocycles. The number of fused-ring (bicyclic) bond motifs is 2. The summed E-state index contributed by atoms with van der Waals surface area (Å²) < 4.78 is 10.6. The molecule has 4 aromatic rings. The Bertz CT molecular complexity index is 1270. The van der Waals surface area contributed by atoms with Gasteiger partial charge in [-0.15, -0.1) is 22.7 Å². The molecule has 14 heteroatoms. The summed E-state index contributed by atoms with van der Waals surface area (Å²) in [5, 5.41) is 17.4. The Morgan fingerprint density at radius 2 is 1.29 bits per heavy atom. The summed E-state index contributed by atoms with van der Waals surface area (Å²) >= 11 is 6.57. The van der Waals surface area contributed by atoms with Crippen LogP contribution in [0, 0.1) is 6.92 Å². The Morgan fingerprint density at radius 1 is 0.895 bits per heavy atom. The van der Waals surface area contributed by atoms with Crippen LogP contribution < -0.4 is 0 Å². The summed E-state index contributed by atoms with van der Waals surface area (Å²) in [6.07, 6.45) is 0. The van der Waals surface area contributed by atoms with Crippen LogP contribution in [-0.2, 0) is 9.47 Å². The lowest BCUT2D eigenvalue weighted by molar-refractivity contribution is 0.0510. The van der Waals surface area contributed by atoms with Gasteiger partial charge in [-0.05, 0) is 43.5 Å². The smallest absolute Gasteiger partial charge is 0.448 e. The number of aromatic nitrogens is 4. The van der Waals surface area contributed by atoms with Crippen molar-refractivity contribution < 1.29 is 29.1 Å². The van der Waals surface area contributed by atoms with Crippen LogP contribution >= 0.6 is 38.6 Å². The largest absolute Gasteiger partial charge is 0.461 e. The van der Waals surface area contributed by atoms with Gasteiger partial charge in [-0.3, -0.25) is 0 Å². The van der Waals surface area contributed by atoms with E-state index < -0.39 is 7.12 Å². The monoisotopic (exact) mass is 628 g/mol. The van der Waals surface area contributed by atoms with Gasteiger partial charge in [-0.1, -0.05) is 27.7 Å². The summed E-state index contributed by atoms with van der Waals surface area (Å²) in [4.78, 5) is 40.4. The lowest BCUT2D eigenvalue weighted by atomic mass is 9.99. The van der Waals surface area contributed by atoms with E-state index >= 15 is 0 Å². The topological polar surface area (TPSA) is 150 Å². The third-order valence-corrected chi connectivity index (χ3v) is 8.18. The van der Waals surface area contributed by atoms with Crippen molar-refractivity contribution in [2.75, 3.05) is 13.2 Å². The molecule has 4 aromatic heterocycles. The quantitative estimate of drug-likeness (QED) is 0.150. The molecule has 0 saturated heterocycles. The maximum Gasteiger partial charge on any atom is 0.448 e. The van der Waals surface area contributed by atoms with E-state index in [4.69, 9.17) is 19.5 Å². The summed E-state index contributed by atoms with van der Waals surface area (Å²) in [5.74, 6) is 0.141. The predicted octanol–water partition coefficient (Wildman–Crippen LogP) is 6.01. The molecule has 0 atom stereocenters.